The monoisotopic (exact) mass is 375 g/mol. The summed E-state index contributed by atoms with van der Waals surface area (Å²) < 4.78 is 5.13. The van der Waals surface area contributed by atoms with E-state index < -0.39 is 0 Å². The topological polar surface area (TPSA) is 87.6 Å². The van der Waals surface area contributed by atoms with Crippen molar-refractivity contribution in [3.8, 4) is 5.75 Å². The summed E-state index contributed by atoms with van der Waals surface area (Å²) in [5.74, 6) is 1.23. The van der Waals surface area contributed by atoms with Crippen molar-refractivity contribution < 1.29 is 9.53 Å². The van der Waals surface area contributed by atoms with Crippen molar-refractivity contribution in [2.75, 3.05) is 26.7 Å². The van der Waals surface area contributed by atoms with Gasteiger partial charge in [-0.1, -0.05) is 6.07 Å². The van der Waals surface area contributed by atoms with Crippen LogP contribution in [0.1, 0.15) is 27.2 Å². The fraction of sp³-hybridized carbons (Fsp3) is 0.389. The zero-order valence-electron chi connectivity index (χ0n) is 15.3. The summed E-state index contributed by atoms with van der Waals surface area (Å²) in [5, 5.41) is 10.2. The average molecular weight is 375 g/mol. The Kier molecular flexibility index (Phi) is 7.88. The second kappa shape index (κ2) is 10.4. The molecule has 1 aromatic heterocycles. The molecule has 0 spiro atoms. The molecule has 1 aromatic carbocycles. The number of ether oxygens (including phenoxy) is 1. The van der Waals surface area contributed by atoms with Gasteiger partial charge in [-0.05, 0) is 32.0 Å². The number of carbonyl (C=O) groups excluding carboxylic acids is 1. The SMILES string of the molecule is CCNC(=NCc1ncc(C)s1)NCCNC(=O)c1cccc(OC)c1. The van der Waals surface area contributed by atoms with Gasteiger partial charge in [0, 0.05) is 36.3 Å². The Hall–Kier alpha value is -2.61. The first-order chi connectivity index (χ1) is 12.6. The molecular formula is C18H25N5O2S. The van der Waals surface area contributed by atoms with Gasteiger partial charge in [0.15, 0.2) is 5.96 Å². The molecule has 0 saturated heterocycles. The molecule has 3 N–H and O–H groups in total. The van der Waals surface area contributed by atoms with Crippen LogP contribution in [-0.2, 0) is 6.54 Å². The normalized spacial score (nSPS) is 11.1. The van der Waals surface area contributed by atoms with Gasteiger partial charge in [-0.2, -0.15) is 0 Å². The molecule has 0 aliphatic carbocycles. The first-order valence-corrected chi connectivity index (χ1v) is 9.29. The van der Waals surface area contributed by atoms with Crippen molar-refractivity contribution in [3.63, 3.8) is 0 Å². The predicted molar refractivity (Wildman–Crippen MR) is 105 cm³/mol. The van der Waals surface area contributed by atoms with Crippen molar-refractivity contribution in [1.29, 1.82) is 0 Å². The first-order valence-electron chi connectivity index (χ1n) is 8.48. The van der Waals surface area contributed by atoms with Crippen LogP contribution in [-0.4, -0.2) is 43.6 Å². The van der Waals surface area contributed by atoms with Crippen molar-refractivity contribution in [3.05, 3.63) is 45.9 Å². The molecule has 1 heterocycles. The van der Waals surface area contributed by atoms with Gasteiger partial charge in [0.1, 0.15) is 10.8 Å². The molecule has 0 atom stereocenters. The molecule has 0 unspecified atom stereocenters. The molecular weight excluding hydrogens is 350 g/mol. The Morgan fingerprint density at radius 1 is 1.27 bits per heavy atom. The van der Waals surface area contributed by atoms with Crippen LogP contribution in [0, 0.1) is 6.92 Å². The maximum Gasteiger partial charge on any atom is 0.251 e. The summed E-state index contributed by atoms with van der Waals surface area (Å²) in [6.45, 7) is 6.38. The number of nitrogens with one attached hydrogen (secondary N) is 3. The second-order valence-corrected chi connectivity index (χ2v) is 6.79. The molecule has 0 radical (unpaired) electrons. The highest BCUT2D eigenvalue weighted by atomic mass is 32.1. The molecule has 7 nitrogen and oxygen atoms in total. The highest BCUT2D eigenvalue weighted by Gasteiger charge is 2.06. The van der Waals surface area contributed by atoms with E-state index in [9.17, 15) is 4.79 Å². The number of carbonyl (C=O) groups is 1. The molecule has 0 bridgehead atoms. The summed E-state index contributed by atoms with van der Waals surface area (Å²) >= 11 is 1.64. The summed E-state index contributed by atoms with van der Waals surface area (Å²) in [5.41, 5.74) is 0.573. The molecule has 8 heteroatoms. The summed E-state index contributed by atoms with van der Waals surface area (Å²) in [6.07, 6.45) is 1.85. The van der Waals surface area contributed by atoms with Crippen molar-refractivity contribution in [1.82, 2.24) is 20.9 Å². The van der Waals surface area contributed by atoms with E-state index in [0.717, 1.165) is 11.6 Å². The minimum absolute atomic E-state index is 0.133. The molecule has 0 aliphatic rings. The van der Waals surface area contributed by atoms with Gasteiger partial charge in [0.25, 0.3) is 5.91 Å². The van der Waals surface area contributed by atoms with Crippen LogP contribution in [0.3, 0.4) is 0 Å². The van der Waals surface area contributed by atoms with E-state index in [4.69, 9.17) is 4.74 Å². The van der Waals surface area contributed by atoms with E-state index in [1.54, 1.807) is 42.7 Å². The number of aliphatic imine (C=N–C) groups is 1. The molecule has 0 aliphatic heterocycles. The van der Waals surface area contributed by atoms with Gasteiger partial charge in [-0.15, -0.1) is 11.3 Å². The number of aryl methyl sites for hydroxylation is 1. The smallest absolute Gasteiger partial charge is 0.251 e. The van der Waals surface area contributed by atoms with Crippen LogP contribution < -0.4 is 20.7 Å². The van der Waals surface area contributed by atoms with Crippen molar-refractivity contribution in [2.24, 2.45) is 4.99 Å². The van der Waals surface area contributed by atoms with Crippen LogP contribution in [0.25, 0.3) is 0 Å². The Labute approximate surface area is 157 Å². The molecule has 26 heavy (non-hydrogen) atoms. The molecule has 0 fully saturated rings. The van der Waals surface area contributed by atoms with Crippen molar-refractivity contribution >= 4 is 23.2 Å². The lowest BCUT2D eigenvalue weighted by atomic mass is 10.2. The van der Waals surface area contributed by atoms with E-state index in [1.165, 1.54) is 4.88 Å². The molecule has 2 rings (SSSR count). The summed E-state index contributed by atoms with van der Waals surface area (Å²) in [6, 6.07) is 7.07. The van der Waals surface area contributed by atoms with Gasteiger partial charge >= 0.3 is 0 Å². The van der Waals surface area contributed by atoms with Gasteiger partial charge < -0.3 is 20.7 Å². The van der Waals surface area contributed by atoms with E-state index in [-0.39, 0.29) is 5.91 Å². The third-order valence-corrected chi connectivity index (χ3v) is 4.32. The summed E-state index contributed by atoms with van der Waals surface area (Å²) in [4.78, 5) is 22.1. The highest BCUT2D eigenvalue weighted by Crippen LogP contribution is 2.12. The average Bonchev–Trinajstić information content (AvgIpc) is 3.08. The van der Waals surface area contributed by atoms with Crippen LogP contribution in [0.5, 0.6) is 5.75 Å². The number of hydrogen-bond donors (Lipinski definition) is 3. The standard InChI is InChI=1S/C18H25N5O2S/c1-4-19-18(23-12-16-22-11-13(2)26-16)21-9-8-20-17(24)14-6-5-7-15(10-14)25-3/h5-7,10-11H,4,8-9,12H2,1-3H3,(H,20,24)(H2,19,21,23). The number of nitrogens with zero attached hydrogens (tertiary/aromatic N) is 2. The number of methoxy groups -OCH3 is 1. The Bertz CT molecular complexity index is 745. The van der Waals surface area contributed by atoms with E-state index in [2.05, 4.69) is 25.9 Å². The zero-order valence-corrected chi connectivity index (χ0v) is 16.2. The lowest BCUT2D eigenvalue weighted by Crippen LogP contribution is -2.41. The number of guanidine groups is 1. The minimum atomic E-state index is -0.133. The lowest BCUT2D eigenvalue weighted by molar-refractivity contribution is 0.0954. The zero-order chi connectivity index (χ0) is 18.8. The van der Waals surface area contributed by atoms with Crippen LogP contribution in [0.2, 0.25) is 0 Å². The fourth-order valence-corrected chi connectivity index (χ4v) is 2.90. The summed E-state index contributed by atoms with van der Waals surface area (Å²) in [7, 11) is 1.58. The molecule has 1 amide bonds. The number of aromatic nitrogens is 1. The maximum absolute atomic E-state index is 12.1. The number of benzene rings is 1. The van der Waals surface area contributed by atoms with E-state index in [1.807, 2.05) is 20.0 Å². The fourth-order valence-electron chi connectivity index (χ4n) is 2.19. The third-order valence-electron chi connectivity index (χ3n) is 3.42. The Morgan fingerprint density at radius 3 is 2.77 bits per heavy atom. The molecule has 2 aromatic rings. The van der Waals surface area contributed by atoms with Crippen LogP contribution in [0.15, 0.2) is 35.5 Å². The van der Waals surface area contributed by atoms with Gasteiger partial charge in [0.2, 0.25) is 0 Å². The maximum atomic E-state index is 12.1. The molecule has 0 saturated carbocycles. The van der Waals surface area contributed by atoms with Crippen LogP contribution in [0.4, 0.5) is 0 Å². The second-order valence-electron chi connectivity index (χ2n) is 5.47. The third kappa shape index (κ3) is 6.36. The number of thiazole rings is 1. The Morgan fingerprint density at radius 2 is 2.08 bits per heavy atom. The predicted octanol–water partition coefficient (Wildman–Crippen LogP) is 1.95. The van der Waals surface area contributed by atoms with Gasteiger partial charge in [-0.25, -0.2) is 9.98 Å². The first kappa shape index (κ1) is 19.7. The van der Waals surface area contributed by atoms with Gasteiger partial charge in [0.05, 0.1) is 13.7 Å². The Balaban J connectivity index is 1.78. The van der Waals surface area contributed by atoms with E-state index >= 15 is 0 Å². The number of hydrogen-bond acceptors (Lipinski definition) is 5. The molecule has 140 valence electrons. The van der Waals surface area contributed by atoms with Crippen LogP contribution >= 0.6 is 11.3 Å². The van der Waals surface area contributed by atoms with Gasteiger partial charge in [-0.3, -0.25) is 4.79 Å². The largest absolute Gasteiger partial charge is 0.497 e. The number of rotatable bonds is 8. The van der Waals surface area contributed by atoms with Crippen molar-refractivity contribution in [2.45, 2.75) is 20.4 Å². The quantitative estimate of drug-likeness (QED) is 0.373. The minimum Gasteiger partial charge on any atom is -0.497 e. The van der Waals surface area contributed by atoms with E-state index in [0.29, 0.717) is 36.9 Å². The highest BCUT2D eigenvalue weighted by molar-refractivity contribution is 7.11. The number of amides is 1. The lowest BCUT2D eigenvalue weighted by Gasteiger charge is -2.12.